The molecule has 1 N–H and O–H groups in total. The zero-order valence-corrected chi connectivity index (χ0v) is 19.7. The number of aliphatic hydroxyl groups is 1. The molecule has 0 saturated carbocycles. The van der Waals surface area contributed by atoms with E-state index in [-0.39, 0.29) is 38.5 Å². The monoisotopic (exact) mass is 449 g/mol. The molecule has 0 aliphatic heterocycles. The molecular formula is C22H43NO8. The van der Waals surface area contributed by atoms with Crippen molar-refractivity contribution >= 4 is 0 Å². The topological polar surface area (TPSA) is 88.1 Å². The van der Waals surface area contributed by atoms with Crippen LogP contribution in [0.2, 0.25) is 0 Å². The van der Waals surface area contributed by atoms with Crippen molar-refractivity contribution in [2.24, 2.45) is 0 Å². The predicted molar refractivity (Wildman–Crippen MR) is 121 cm³/mol. The molecule has 9 nitrogen and oxygen atoms in total. The van der Waals surface area contributed by atoms with E-state index in [9.17, 15) is 0 Å². The molecule has 0 fully saturated rings. The Morgan fingerprint density at radius 1 is 0.806 bits per heavy atom. The average Bonchev–Trinajstić information content (AvgIpc) is 2.79. The molecule has 0 aliphatic carbocycles. The first-order valence-electron chi connectivity index (χ1n) is 10.1. The third-order valence-electron chi connectivity index (χ3n) is 4.07. The molecule has 3 atom stereocenters. The Morgan fingerprint density at radius 2 is 1.29 bits per heavy atom. The van der Waals surface area contributed by atoms with Crippen molar-refractivity contribution in [2.45, 2.75) is 31.2 Å². The second-order valence-electron chi connectivity index (χ2n) is 6.49. The van der Waals surface area contributed by atoms with Gasteiger partial charge in [-0.1, -0.05) is 19.2 Å². The first-order valence-corrected chi connectivity index (χ1v) is 10.1. The molecule has 0 aromatic carbocycles. The lowest BCUT2D eigenvalue weighted by Gasteiger charge is -2.26. The third-order valence-corrected chi connectivity index (χ3v) is 4.07. The van der Waals surface area contributed by atoms with E-state index in [0.29, 0.717) is 13.2 Å². The van der Waals surface area contributed by atoms with Crippen LogP contribution in [-0.4, -0.2) is 103 Å². The van der Waals surface area contributed by atoms with E-state index in [1.165, 1.54) is 19.6 Å². The predicted octanol–water partition coefficient (Wildman–Crippen LogP) is 2.18. The number of hydrogen-bond acceptors (Lipinski definition) is 9. The first kappa shape index (κ1) is 31.7. The molecule has 0 rings (SSSR count). The number of aliphatic hydroxyl groups excluding tert-OH is 1. The molecule has 0 spiro atoms. The lowest BCUT2D eigenvalue weighted by atomic mass is 10.2. The van der Waals surface area contributed by atoms with Crippen LogP contribution in [-0.2, 0) is 33.2 Å². The lowest BCUT2D eigenvalue weighted by molar-refractivity contribution is -0.0705. The van der Waals surface area contributed by atoms with Gasteiger partial charge in [-0.15, -0.1) is 6.58 Å². The van der Waals surface area contributed by atoms with E-state index in [1.807, 2.05) is 13.1 Å². The largest absolute Gasteiger partial charge is 0.476 e. The van der Waals surface area contributed by atoms with Gasteiger partial charge in [-0.05, 0) is 19.9 Å². The number of allylic oxidation sites excluding steroid dienone is 1. The zero-order chi connectivity index (χ0) is 23.7. The van der Waals surface area contributed by atoms with Crippen LogP contribution in [0.25, 0.3) is 0 Å². The summed E-state index contributed by atoms with van der Waals surface area (Å²) in [6.45, 7) is 13.2. The van der Waals surface area contributed by atoms with E-state index in [2.05, 4.69) is 29.4 Å². The van der Waals surface area contributed by atoms with Gasteiger partial charge in [-0.3, -0.25) is 0 Å². The van der Waals surface area contributed by atoms with Crippen molar-refractivity contribution in [3.8, 4) is 0 Å². The highest BCUT2D eigenvalue weighted by Gasteiger charge is 2.15. The van der Waals surface area contributed by atoms with Crippen LogP contribution in [0.5, 0.6) is 0 Å². The first-order chi connectivity index (χ1) is 15.0. The van der Waals surface area contributed by atoms with Crippen LogP contribution in [0.15, 0.2) is 38.3 Å². The molecule has 0 aromatic rings. The van der Waals surface area contributed by atoms with E-state index in [0.717, 1.165) is 25.9 Å². The van der Waals surface area contributed by atoms with Crippen molar-refractivity contribution in [1.82, 2.24) is 4.90 Å². The maximum absolute atomic E-state index is 8.62. The summed E-state index contributed by atoms with van der Waals surface area (Å²) in [5.41, 5.74) is 0. The Morgan fingerprint density at radius 3 is 1.71 bits per heavy atom. The molecule has 3 unspecified atom stereocenters. The fourth-order valence-corrected chi connectivity index (χ4v) is 2.30. The normalized spacial score (nSPS) is 13.5. The Labute approximate surface area is 188 Å². The van der Waals surface area contributed by atoms with Crippen LogP contribution in [0.4, 0.5) is 0 Å². The number of hydrogen-bond donors (Lipinski definition) is 1. The summed E-state index contributed by atoms with van der Waals surface area (Å²) in [6.07, 6.45) is 6.44. The highest BCUT2D eigenvalue weighted by Crippen LogP contribution is 2.05. The Kier molecular flexibility index (Phi) is 25.4. The SMILES string of the molecule is C=CCCC(CN(C)CC(COCOC=C)OC)OC.C=COCOCC(CO)OC. The summed E-state index contributed by atoms with van der Waals surface area (Å²) in [6, 6.07) is 0. The minimum atomic E-state index is -0.275. The lowest BCUT2D eigenvalue weighted by Crippen LogP contribution is -2.38. The maximum atomic E-state index is 8.62. The summed E-state index contributed by atoms with van der Waals surface area (Å²) in [7, 11) is 6.98. The van der Waals surface area contributed by atoms with Gasteiger partial charge in [0.05, 0.1) is 44.6 Å². The molecule has 0 saturated heterocycles. The van der Waals surface area contributed by atoms with E-state index in [1.54, 1.807) is 14.2 Å². The molecule has 31 heavy (non-hydrogen) atoms. The van der Waals surface area contributed by atoms with Crippen LogP contribution in [0.1, 0.15) is 12.8 Å². The molecule has 0 bridgehead atoms. The molecular weight excluding hydrogens is 406 g/mol. The van der Waals surface area contributed by atoms with Gasteiger partial charge in [0, 0.05) is 34.4 Å². The number of likely N-dealkylation sites (N-methyl/N-ethyl adjacent to an activating group) is 1. The summed E-state index contributed by atoms with van der Waals surface area (Å²) in [5, 5.41) is 8.62. The van der Waals surface area contributed by atoms with Crippen LogP contribution in [0, 0.1) is 0 Å². The van der Waals surface area contributed by atoms with E-state index < -0.39 is 0 Å². The van der Waals surface area contributed by atoms with E-state index in [4.69, 9.17) is 33.5 Å². The smallest absolute Gasteiger partial charge is 0.188 e. The molecule has 0 aliphatic rings. The van der Waals surface area contributed by atoms with Gasteiger partial charge in [0.1, 0.15) is 6.10 Å². The van der Waals surface area contributed by atoms with Gasteiger partial charge in [0.15, 0.2) is 13.6 Å². The quantitative estimate of drug-likeness (QED) is 0.123. The van der Waals surface area contributed by atoms with Gasteiger partial charge < -0.3 is 43.2 Å². The standard InChI is InChI=1S/C15H29NO4.C7H14O4/c1-6-8-9-14(17-4)10-16(3)11-15(18-5)12-20-13-19-7-2;1-3-10-6-11-5-7(4-8)9-2/h6-7,14-15H,1-2,8-13H2,3-5H3;3,7-8H,1,4-6H2,2H3. The third kappa shape index (κ3) is 21.6. The maximum Gasteiger partial charge on any atom is 0.188 e. The van der Waals surface area contributed by atoms with Gasteiger partial charge in [-0.25, -0.2) is 0 Å². The molecule has 9 heteroatoms. The van der Waals surface area contributed by atoms with Crippen molar-refractivity contribution < 1.29 is 38.3 Å². The summed E-state index contributed by atoms with van der Waals surface area (Å²) in [5.74, 6) is 0. The highest BCUT2D eigenvalue weighted by molar-refractivity contribution is 4.73. The average molecular weight is 450 g/mol. The second-order valence-corrected chi connectivity index (χ2v) is 6.49. The van der Waals surface area contributed by atoms with Crippen LogP contribution in [0.3, 0.4) is 0 Å². The zero-order valence-electron chi connectivity index (χ0n) is 19.7. The fraction of sp³-hybridized carbons (Fsp3) is 0.727. The summed E-state index contributed by atoms with van der Waals surface area (Å²) >= 11 is 0. The van der Waals surface area contributed by atoms with Crippen LogP contribution >= 0.6 is 0 Å². The second kappa shape index (κ2) is 24.8. The number of rotatable bonds is 21. The van der Waals surface area contributed by atoms with Crippen molar-refractivity contribution in [3.63, 3.8) is 0 Å². The number of ether oxygens (including phenoxy) is 7. The van der Waals surface area contributed by atoms with Gasteiger partial charge in [0.25, 0.3) is 0 Å². The molecule has 184 valence electrons. The highest BCUT2D eigenvalue weighted by atomic mass is 16.7. The molecule has 0 aromatic heterocycles. The molecule has 0 radical (unpaired) electrons. The number of nitrogens with zero attached hydrogens (tertiary/aromatic N) is 1. The molecule has 0 heterocycles. The van der Waals surface area contributed by atoms with Crippen molar-refractivity contribution in [1.29, 1.82) is 0 Å². The van der Waals surface area contributed by atoms with E-state index >= 15 is 0 Å². The van der Waals surface area contributed by atoms with Gasteiger partial charge >= 0.3 is 0 Å². The van der Waals surface area contributed by atoms with Gasteiger partial charge in [0.2, 0.25) is 0 Å². The van der Waals surface area contributed by atoms with Crippen LogP contribution < -0.4 is 0 Å². The minimum Gasteiger partial charge on any atom is -0.476 e. The van der Waals surface area contributed by atoms with Gasteiger partial charge in [-0.2, -0.15) is 0 Å². The summed E-state index contributed by atoms with van der Waals surface area (Å²) < 4.78 is 35.5. The number of methoxy groups -OCH3 is 3. The van der Waals surface area contributed by atoms with Crippen molar-refractivity contribution in [2.75, 3.05) is 74.9 Å². The Hall–Kier alpha value is -1.46. The minimum absolute atomic E-state index is 0.00493. The molecule has 0 amide bonds. The van der Waals surface area contributed by atoms with Crippen molar-refractivity contribution in [3.05, 3.63) is 38.3 Å². The Bertz CT molecular complexity index is 407. The Balaban J connectivity index is 0. The summed E-state index contributed by atoms with van der Waals surface area (Å²) in [4.78, 5) is 2.18. The fourth-order valence-electron chi connectivity index (χ4n) is 2.30.